The predicted octanol–water partition coefficient (Wildman–Crippen LogP) is 3.13. The molecule has 1 heterocycles. The first-order valence-electron chi connectivity index (χ1n) is 6.35. The van der Waals surface area contributed by atoms with Gasteiger partial charge in [-0.1, -0.05) is 11.6 Å². The Bertz CT molecular complexity index is 535. The van der Waals surface area contributed by atoms with Crippen molar-refractivity contribution >= 4 is 39.4 Å². The number of benzene rings is 1. The second-order valence-corrected chi connectivity index (χ2v) is 6.03. The lowest BCUT2D eigenvalue weighted by atomic mass is 9.97. The lowest BCUT2D eigenvalue weighted by molar-refractivity contribution is -0.146. The van der Waals surface area contributed by atoms with Crippen LogP contribution in [0.15, 0.2) is 22.7 Å². The Hall–Kier alpha value is -1.07. The third kappa shape index (κ3) is 3.33. The number of methoxy groups -OCH3 is 1. The molecule has 4 nitrogen and oxygen atoms in total. The van der Waals surface area contributed by atoms with Gasteiger partial charge < -0.3 is 9.64 Å². The van der Waals surface area contributed by atoms with E-state index in [1.807, 2.05) is 0 Å². The molecule has 1 fully saturated rings. The minimum absolute atomic E-state index is 0.0952. The zero-order valence-electron chi connectivity index (χ0n) is 11.1. The van der Waals surface area contributed by atoms with E-state index in [-0.39, 0.29) is 17.8 Å². The summed E-state index contributed by atoms with van der Waals surface area (Å²) in [6.45, 7) is 1.06. The molecule has 0 unspecified atom stereocenters. The summed E-state index contributed by atoms with van der Waals surface area (Å²) in [5.41, 5.74) is 0.555. The van der Waals surface area contributed by atoms with Gasteiger partial charge >= 0.3 is 5.97 Å². The van der Waals surface area contributed by atoms with Crippen LogP contribution in [-0.4, -0.2) is 37.0 Å². The molecule has 1 aromatic rings. The smallest absolute Gasteiger partial charge is 0.310 e. The van der Waals surface area contributed by atoms with E-state index < -0.39 is 0 Å². The number of carbonyl (C=O) groups is 2. The molecule has 0 bridgehead atoms. The fourth-order valence-corrected chi connectivity index (χ4v) is 3.21. The van der Waals surface area contributed by atoms with Gasteiger partial charge in [-0.2, -0.15) is 0 Å². The van der Waals surface area contributed by atoms with Crippen molar-refractivity contribution in [2.75, 3.05) is 20.2 Å². The number of rotatable bonds is 2. The van der Waals surface area contributed by atoms with Crippen LogP contribution >= 0.6 is 27.5 Å². The van der Waals surface area contributed by atoms with Crippen LogP contribution in [0.1, 0.15) is 23.2 Å². The SMILES string of the molecule is COC(=O)[C@H]1CCCN(C(=O)c2ccc(Cl)cc2Br)C1. The van der Waals surface area contributed by atoms with Crippen LogP contribution in [0.3, 0.4) is 0 Å². The van der Waals surface area contributed by atoms with Crippen LogP contribution in [0.4, 0.5) is 0 Å². The number of hydrogen-bond acceptors (Lipinski definition) is 3. The van der Waals surface area contributed by atoms with E-state index in [0.717, 1.165) is 12.8 Å². The molecule has 0 N–H and O–H groups in total. The second-order valence-electron chi connectivity index (χ2n) is 4.74. The van der Waals surface area contributed by atoms with Gasteiger partial charge in [0.25, 0.3) is 5.91 Å². The molecule has 0 aromatic heterocycles. The number of amides is 1. The van der Waals surface area contributed by atoms with Gasteiger partial charge in [-0.25, -0.2) is 0 Å². The zero-order chi connectivity index (χ0) is 14.7. The Morgan fingerprint density at radius 3 is 2.85 bits per heavy atom. The summed E-state index contributed by atoms with van der Waals surface area (Å²) in [6.07, 6.45) is 1.56. The van der Waals surface area contributed by atoms with Crippen LogP contribution in [-0.2, 0) is 9.53 Å². The van der Waals surface area contributed by atoms with Crippen molar-refractivity contribution in [3.63, 3.8) is 0 Å². The molecule has 1 aliphatic rings. The molecule has 2 rings (SSSR count). The number of ether oxygens (including phenoxy) is 1. The van der Waals surface area contributed by atoms with E-state index >= 15 is 0 Å². The van der Waals surface area contributed by atoms with Crippen molar-refractivity contribution in [2.45, 2.75) is 12.8 Å². The summed E-state index contributed by atoms with van der Waals surface area (Å²) < 4.78 is 5.42. The quantitative estimate of drug-likeness (QED) is 0.761. The van der Waals surface area contributed by atoms with Crippen molar-refractivity contribution < 1.29 is 14.3 Å². The average molecular weight is 361 g/mol. The highest BCUT2D eigenvalue weighted by Gasteiger charge is 2.30. The van der Waals surface area contributed by atoms with Crippen molar-refractivity contribution in [3.8, 4) is 0 Å². The molecule has 1 aliphatic heterocycles. The van der Waals surface area contributed by atoms with Gasteiger partial charge in [0.15, 0.2) is 0 Å². The standard InChI is InChI=1S/C14H15BrClNO3/c1-20-14(19)9-3-2-6-17(8-9)13(18)11-5-4-10(16)7-12(11)15/h4-5,7,9H,2-3,6,8H2,1H3/t9-/m0/s1. The van der Waals surface area contributed by atoms with Gasteiger partial charge in [0.2, 0.25) is 0 Å². The summed E-state index contributed by atoms with van der Waals surface area (Å²) in [5.74, 6) is -0.580. The number of likely N-dealkylation sites (tertiary alicyclic amines) is 1. The monoisotopic (exact) mass is 359 g/mol. The first kappa shape index (κ1) is 15.3. The van der Waals surface area contributed by atoms with Gasteiger partial charge in [0.1, 0.15) is 0 Å². The fraction of sp³-hybridized carbons (Fsp3) is 0.429. The number of halogens is 2. The Balaban J connectivity index is 2.14. The summed E-state index contributed by atoms with van der Waals surface area (Å²) in [6, 6.07) is 5.06. The predicted molar refractivity (Wildman–Crippen MR) is 79.8 cm³/mol. The van der Waals surface area contributed by atoms with E-state index in [9.17, 15) is 9.59 Å². The number of hydrogen-bond donors (Lipinski definition) is 0. The molecule has 1 aromatic carbocycles. The van der Waals surface area contributed by atoms with Crippen LogP contribution in [0.25, 0.3) is 0 Å². The summed E-state index contributed by atoms with van der Waals surface area (Å²) >= 11 is 9.22. The van der Waals surface area contributed by atoms with Crippen LogP contribution in [0, 0.1) is 5.92 Å². The van der Waals surface area contributed by atoms with Gasteiger partial charge in [0.05, 0.1) is 18.6 Å². The first-order valence-corrected chi connectivity index (χ1v) is 7.52. The van der Waals surface area contributed by atoms with Crippen molar-refractivity contribution in [3.05, 3.63) is 33.3 Å². The third-order valence-corrected chi connectivity index (χ3v) is 4.30. The molecule has 1 atom stereocenters. The molecular formula is C14H15BrClNO3. The van der Waals surface area contributed by atoms with E-state index in [1.165, 1.54) is 7.11 Å². The van der Waals surface area contributed by atoms with Gasteiger partial charge in [-0.05, 0) is 47.0 Å². The Morgan fingerprint density at radius 1 is 1.45 bits per heavy atom. The Morgan fingerprint density at radius 2 is 2.20 bits per heavy atom. The molecule has 108 valence electrons. The summed E-state index contributed by atoms with van der Waals surface area (Å²) in [4.78, 5) is 25.8. The minimum atomic E-state index is -0.252. The Kier molecular flexibility index (Phi) is 5.05. The number of esters is 1. The molecular weight excluding hydrogens is 346 g/mol. The van der Waals surface area contributed by atoms with E-state index in [0.29, 0.717) is 28.1 Å². The highest BCUT2D eigenvalue weighted by molar-refractivity contribution is 9.10. The molecule has 1 amide bonds. The lowest BCUT2D eigenvalue weighted by Crippen LogP contribution is -2.42. The highest BCUT2D eigenvalue weighted by Crippen LogP contribution is 2.25. The molecule has 0 radical (unpaired) electrons. The molecule has 0 saturated carbocycles. The minimum Gasteiger partial charge on any atom is -0.469 e. The van der Waals surface area contributed by atoms with Gasteiger partial charge in [-0.15, -0.1) is 0 Å². The van der Waals surface area contributed by atoms with E-state index in [4.69, 9.17) is 16.3 Å². The van der Waals surface area contributed by atoms with Crippen LogP contribution < -0.4 is 0 Å². The maximum atomic E-state index is 12.5. The summed E-state index contributed by atoms with van der Waals surface area (Å²) in [7, 11) is 1.37. The topological polar surface area (TPSA) is 46.6 Å². The Labute approximate surface area is 131 Å². The fourth-order valence-electron chi connectivity index (χ4n) is 2.35. The zero-order valence-corrected chi connectivity index (χ0v) is 13.4. The number of piperidine rings is 1. The van der Waals surface area contributed by atoms with Gasteiger partial charge in [-0.3, -0.25) is 9.59 Å². The molecule has 0 spiro atoms. The third-order valence-electron chi connectivity index (χ3n) is 3.40. The number of carbonyl (C=O) groups excluding carboxylic acids is 2. The van der Waals surface area contributed by atoms with E-state index in [1.54, 1.807) is 23.1 Å². The molecule has 0 aliphatic carbocycles. The first-order chi connectivity index (χ1) is 9.52. The molecule has 1 saturated heterocycles. The normalized spacial score (nSPS) is 18.8. The van der Waals surface area contributed by atoms with Gasteiger partial charge in [0, 0.05) is 22.6 Å². The van der Waals surface area contributed by atoms with Crippen LogP contribution in [0.2, 0.25) is 5.02 Å². The maximum absolute atomic E-state index is 12.5. The summed E-state index contributed by atoms with van der Waals surface area (Å²) in [5, 5.41) is 0.569. The molecule has 6 heteroatoms. The van der Waals surface area contributed by atoms with Crippen molar-refractivity contribution in [1.29, 1.82) is 0 Å². The second kappa shape index (κ2) is 6.59. The number of nitrogens with zero attached hydrogens (tertiary/aromatic N) is 1. The van der Waals surface area contributed by atoms with Crippen molar-refractivity contribution in [1.82, 2.24) is 4.90 Å². The van der Waals surface area contributed by atoms with Crippen LogP contribution in [0.5, 0.6) is 0 Å². The van der Waals surface area contributed by atoms with Crippen molar-refractivity contribution in [2.24, 2.45) is 5.92 Å². The highest BCUT2D eigenvalue weighted by atomic mass is 79.9. The largest absolute Gasteiger partial charge is 0.469 e. The molecule has 20 heavy (non-hydrogen) atoms. The van der Waals surface area contributed by atoms with E-state index in [2.05, 4.69) is 15.9 Å². The maximum Gasteiger partial charge on any atom is 0.310 e. The lowest BCUT2D eigenvalue weighted by Gasteiger charge is -2.31. The average Bonchev–Trinajstić information content (AvgIpc) is 2.46.